The molecule has 0 aliphatic carbocycles. The average Bonchev–Trinajstić information content (AvgIpc) is 2.83. The van der Waals surface area contributed by atoms with Crippen molar-refractivity contribution in [3.8, 4) is 22.8 Å². The summed E-state index contributed by atoms with van der Waals surface area (Å²) < 4.78 is 17.0. The Balaban J connectivity index is 1.74. The average molecular weight is 477 g/mol. The van der Waals surface area contributed by atoms with E-state index in [-0.39, 0.29) is 40.1 Å². The summed E-state index contributed by atoms with van der Waals surface area (Å²) in [6.45, 7) is 6.06. The van der Waals surface area contributed by atoms with Gasteiger partial charge >= 0.3 is 0 Å². The summed E-state index contributed by atoms with van der Waals surface area (Å²) in [7, 11) is 1.56. The van der Waals surface area contributed by atoms with E-state index >= 15 is 0 Å². The minimum absolute atomic E-state index is 0.0242. The van der Waals surface area contributed by atoms with Gasteiger partial charge in [0.05, 0.1) is 12.5 Å². The van der Waals surface area contributed by atoms with Crippen LogP contribution < -0.4 is 14.9 Å². The van der Waals surface area contributed by atoms with Crippen molar-refractivity contribution in [1.82, 2.24) is 0 Å². The van der Waals surface area contributed by atoms with Gasteiger partial charge in [0, 0.05) is 16.1 Å². The lowest BCUT2D eigenvalue weighted by Crippen LogP contribution is -2.17. The van der Waals surface area contributed by atoms with Gasteiger partial charge in [0.15, 0.2) is 18.2 Å². The van der Waals surface area contributed by atoms with Crippen LogP contribution in [0, 0.1) is 0 Å². The van der Waals surface area contributed by atoms with Crippen molar-refractivity contribution in [2.45, 2.75) is 26.2 Å². The molecule has 0 aliphatic rings. The highest BCUT2D eigenvalue weighted by atomic mass is 35.5. The van der Waals surface area contributed by atoms with Gasteiger partial charge in [0.25, 0.3) is 0 Å². The number of halogens is 1. The highest BCUT2D eigenvalue weighted by Crippen LogP contribution is 2.33. The molecule has 6 heteroatoms. The molecule has 0 radical (unpaired) electrons. The monoisotopic (exact) mass is 476 g/mol. The molecule has 0 fully saturated rings. The standard InChI is InChI=1S/C28H25ClO5/c1-28(2,3)19-9-5-18(6-10-19)26-27(25(31)22-15-20(29)11-14-24(22)34-26)33-16-23(30)17-7-12-21(32-4)13-8-17/h5-15H,16H2,1-4H3. The molecule has 0 N–H and O–H groups in total. The van der Waals surface area contributed by atoms with Crippen LogP contribution >= 0.6 is 11.6 Å². The van der Waals surface area contributed by atoms with Crippen molar-refractivity contribution in [2.75, 3.05) is 13.7 Å². The predicted molar refractivity (Wildman–Crippen MR) is 134 cm³/mol. The van der Waals surface area contributed by atoms with Crippen molar-refractivity contribution in [2.24, 2.45) is 0 Å². The molecule has 0 bridgehead atoms. The summed E-state index contributed by atoms with van der Waals surface area (Å²) >= 11 is 6.11. The van der Waals surface area contributed by atoms with E-state index in [1.807, 2.05) is 24.3 Å². The third kappa shape index (κ3) is 4.85. The maximum Gasteiger partial charge on any atom is 0.235 e. The van der Waals surface area contributed by atoms with E-state index in [0.29, 0.717) is 27.5 Å². The Bertz CT molecular complexity index is 1390. The number of hydrogen-bond acceptors (Lipinski definition) is 5. The summed E-state index contributed by atoms with van der Waals surface area (Å²) in [5, 5.41) is 0.691. The summed E-state index contributed by atoms with van der Waals surface area (Å²) in [5.74, 6) is 0.607. The van der Waals surface area contributed by atoms with Crippen molar-refractivity contribution in [3.63, 3.8) is 0 Å². The zero-order valence-electron chi connectivity index (χ0n) is 19.5. The number of ether oxygens (including phenoxy) is 2. The zero-order valence-corrected chi connectivity index (χ0v) is 20.2. The SMILES string of the molecule is COc1ccc(C(=O)COc2c(-c3ccc(C(C)(C)C)cc3)oc3ccc(Cl)cc3c2=O)cc1. The van der Waals surface area contributed by atoms with E-state index in [1.54, 1.807) is 43.5 Å². The Morgan fingerprint density at radius 1 is 0.971 bits per heavy atom. The van der Waals surface area contributed by atoms with Crippen LogP contribution in [0.3, 0.4) is 0 Å². The van der Waals surface area contributed by atoms with Crippen LogP contribution in [0.4, 0.5) is 0 Å². The number of ketones is 1. The lowest BCUT2D eigenvalue weighted by molar-refractivity contribution is 0.0920. The molecule has 4 aromatic rings. The van der Waals surface area contributed by atoms with E-state index in [9.17, 15) is 9.59 Å². The molecule has 1 heterocycles. The molecule has 0 saturated carbocycles. The fraction of sp³-hybridized carbons (Fsp3) is 0.214. The third-order valence-electron chi connectivity index (χ3n) is 5.58. The molecule has 0 amide bonds. The lowest BCUT2D eigenvalue weighted by atomic mass is 9.86. The quantitative estimate of drug-likeness (QED) is 0.290. The van der Waals surface area contributed by atoms with Crippen molar-refractivity contribution < 1.29 is 18.7 Å². The molecule has 4 rings (SSSR count). The number of methoxy groups -OCH3 is 1. The van der Waals surface area contributed by atoms with Crippen LogP contribution in [0.1, 0.15) is 36.7 Å². The first kappa shape index (κ1) is 23.6. The summed E-state index contributed by atoms with van der Waals surface area (Å²) in [6, 6.07) is 19.3. The zero-order chi connectivity index (χ0) is 24.5. The first-order valence-corrected chi connectivity index (χ1v) is 11.2. The Morgan fingerprint density at radius 3 is 2.26 bits per heavy atom. The number of fused-ring (bicyclic) bond motifs is 1. The second-order valence-electron chi connectivity index (χ2n) is 9.00. The molecule has 0 atom stereocenters. The van der Waals surface area contributed by atoms with Crippen molar-refractivity contribution in [3.05, 3.63) is 93.1 Å². The smallest absolute Gasteiger partial charge is 0.235 e. The summed E-state index contributed by atoms with van der Waals surface area (Å²) in [5.41, 5.74) is 2.24. The maximum atomic E-state index is 13.4. The van der Waals surface area contributed by atoms with Gasteiger partial charge in [-0.2, -0.15) is 0 Å². The molecular formula is C28H25ClO5. The fourth-order valence-electron chi connectivity index (χ4n) is 3.59. The van der Waals surface area contributed by atoms with Crippen LogP contribution in [0.25, 0.3) is 22.3 Å². The van der Waals surface area contributed by atoms with Crippen molar-refractivity contribution in [1.29, 1.82) is 0 Å². The molecule has 174 valence electrons. The van der Waals surface area contributed by atoms with Gasteiger partial charge in [-0.05, 0) is 53.4 Å². The molecule has 5 nitrogen and oxygen atoms in total. The molecule has 34 heavy (non-hydrogen) atoms. The molecule has 0 saturated heterocycles. The Morgan fingerprint density at radius 2 is 1.65 bits per heavy atom. The van der Waals surface area contributed by atoms with Crippen molar-refractivity contribution >= 4 is 28.4 Å². The van der Waals surface area contributed by atoms with Gasteiger partial charge in [0.1, 0.15) is 11.3 Å². The fourth-order valence-corrected chi connectivity index (χ4v) is 3.76. The highest BCUT2D eigenvalue weighted by molar-refractivity contribution is 6.31. The first-order valence-electron chi connectivity index (χ1n) is 10.8. The minimum Gasteiger partial charge on any atom is -0.497 e. The topological polar surface area (TPSA) is 65.7 Å². The van der Waals surface area contributed by atoms with E-state index in [1.165, 1.54) is 6.07 Å². The summed E-state index contributed by atoms with van der Waals surface area (Å²) in [4.78, 5) is 26.1. The summed E-state index contributed by atoms with van der Waals surface area (Å²) in [6.07, 6.45) is 0. The Kier molecular flexibility index (Phi) is 6.49. The Hall–Kier alpha value is -3.57. The minimum atomic E-state index is -0.388. The highest BCUT2D eigenvalue weighted by Gasteiger charge is 2.21. The normalized spacial score (nSPS) is 11.4. The Labute approximate surface area is 202 Å². The predicted octanol–water partition coefficient (Wildman–Crippen LogP) is 6.68. The van der Waals surface area contributed by atoms with E-state index in [2.05, 4.69) is 20.8 Å². The second kappa shape index (κ2) is 9.35. The third-order valence-corrected chi connectivity index (χ3v) is 5.82. The molecule has 0 unspecified atom stereocenters. The van der Waals surface area contributed by atoms with Gasteiger partial charge in [-0.25, -0.2) is 0 Å². The molecule has 3 aromatic carbocycles. The van der Waals surface area contributed by atoms with Gasteiger partial charge in [-0.1, -0.05) is 56.6 Å². The number of carbonyl (C=O) groups excluding carboxylic acids is 1. The van der Waals surface area contributed by atoms with Gasteiger partial charge in [0.2, 0.25) is 11.2 Å². The number of benzene rings is 3. The number of carbonyl (C=O) groups is 1. The first-order chi connectivity index (χ1) is 16.2. The molecule has 0 spiro atoms. The van der Waals surface area contributed by atoms with Crippen LogP contribution in [-0.4, -0.2) is 19.5 Å². The lowest BCUT2D eigenvalue weighted by Gasteiger charge is -2.19. The van der Waals surface area contributed by atoms with Gasteiger partial charge in [-0.15, -0.1) is 0 Å². The van der Waals surface area contributed by atoms with E-state index in [4.69, 9.17) is 25.5 Å². The van der Waals surface area contributed by atoms with Gasteiger partial charge < -0.3 is 13.9 Å². The molecule has 1 aromatic heterocycles. The largest absolute Gasteiger partial charge is 0.497 e. The second-order valence-corrected chi connectivity index (χ2v) is 9.43. The van der Waals surface area contributed by atoms with Crippen LogP contribution in [0.15, 0.2) is 75.9 Å². The van der Waals surface area contributed by atoms with Crippen LogP contribution in [-0.2, 0) is 5.41 Å². The van der Waals surface area contributed by atoms with E-state index < -0.39 is 0 Å². The number of rotatable bonds is 6. The van der Waals surface area contributed by atoms with E-state index in [0.717, 1.165) is 5.56 Å². The molecule has 0 aliphatic heterocycles. The number of Topliss-reactive ketones (excluding diaryl/α,β-unsaturated/α-hetero) is 1. The maximum absolute atomic E-state index is 13.4. The number of hydrogen-bond donors (Lipinski definition) is 0. The van der Waals surface area contributed by atoms with Crippen LogP contribution in [0.5, 0.6) is 11.5 Å². The van der Waals surface area contributed by atoms with Gasteiger partial charge in [-0.3, -0.25) is 9.59 Å². The molecular weight excluding hydrogens is 452 g/mol. The van der Waals surface area contributed by atoms with Crippen LogP contribution in [0.2, 0.25) is 5.02 Å².